The van der Waals surface area contributed by atoms with Gasteiger partial charge in [0, 0.05) is 6.20 Å². The van der Waals surface area contributed by atoms with E-state index in [1.807, 2.05) is 0 Å². The Morgan fingerprint density at radius 2 is 2.00 bits per heavy atom. The van der Waals surface area contributed by atoms with Crippen LogP contribution in [0.4, 0.5) is 13.2 Å². The number of nitrogens with one attached hydrogen (secondary N) is 1. The molecule has 7 heteroatoms. The number of rotatable bonds is 4. The molecule has 0 fully saturated rings. The molecule has 0 radical (unpaired) electrons. The van der Waals surface area contributed by atoms with Crippen LogP contribution in [0.25, 0.3) is 5.65 Å². The number of nitrogens with zero attached hydrogens (tertiary/aromatic N) is 3. The molecule has 0 atom stereocenters. The molecule has 104 valence electrons. The molecule has 2 aromatic heterocycles. The molecule has 0 saturated carbocycles. The van der Waals surface area contributed by atoms with Gasteiger partial charge in [0.1, 0.15) is 0 Å². The highest BCUT2D eigenvalue weighted by Crippen LogP contribution is 2.29. The van der Waals surface area contributed by atoms with Crippen LogP contribution in [-0.2, 0) is 12.7 Å². The number of hydrogen-bond acceptors (Lipinski definition) is 3. The van der Waals surface area contributed by atoms with Crippen LogP contribution in [0.5, 0.6) is 0 Å². The summed E-state index contributed by atoms with van der Waals surface area (Å²) in [6.07, 6.45) is -3.33. The Balaban J connectivity index is 2.25. The van der Waals surface area contributed by atoms with Gasteiger partial charge in [0.2, 0.25) is 0 Å². The van der Waals surface area contributed by atoms with Crippen molar-refractivity contribution in [2.24, 2.45) is 5.92 Å². The molecule has 0 saturated heterocycles. The van der Waals surface area contributed by atoms with Crippen LogP contribution in [0.1, 0.15) is 25.2 Å². The Hall–Kier alpha value is -1.63. The maximum atomic E-state index is 12.6. The molecule has 2 rings (SSSR count). The van der Waals surface area contributed by atoms with Crippen LogP contribution in [-0.4, -0.2) is 21.1 Å². The van der Waals surface area contributed by atoms with Gasteiger partial charge in [-0.1, -0.05) is 13.8 Å². The summed E-state index contributed by atoms with van der Waals surface area (Å²) in [6.45, 7) is 5.27. The first-order valence-electron chi connectivity index (χ1n) is 5.99. The van der Waals surface area contributed by atoms with E-state index in [0.29, 0.717) is 23.9 Å². The van der Waals surface area contributed by atoms with Crippen LogP contribution >= 0.6 is 0 Å². The largest absolute Gasteiger partial charge is 0.417 e. The van der Waals surface area contributed by atoms with E-state index in [2.05, 4.69) is 29.4 Å². The van der Waals surface area contributed by atoms with Crippen molar-refractivity contribution in [2.45, 2.75) is 26.6 Å². The van der Waals surface area contributed by atoms with Gasteiger partial charge in [0.05, 0.1) is 12.1 Å². The quantitative estimate of drug-likeness (QED) is 0.929. The zero-order chi connectivity index (χ0) is 14.0. The molecule has 2 aromatic rings. The van der Waals surface area contributed by atoms with E-state index in [9.17, 15) is 13.2 Å². The Kier molecular flexibility index (Phi) is 3.75. The monoisotopic (exact) mass is 272 g/mol. The lowest BCUT2D eigenvalue weighted by molar-refractivity contribution is -0.137. The molecule has 0 aliphatic carbocycles. The molecule has 19 heavy (non-hydrogen) atoms. The van der Waals surface area contributed by atoms with Crippen LogP contribution in [0.15, 0.2) is 18.3 Å². The molecular weight excluding hydrogens is 257 g/mol. The minimum absolute atomic E-state index is 0.390. The van der Waals surface area contributed by atoms with Crippen LogP contribution in [0.2, 0.25) is 0 Å². The summed E-state index contributed by atoms with van der Waals surface area (Å²) in [7, 11) is 0. The zero-order valence-electron chi connectivity index (χ0n) is 10.7. The van der Waals surface area contributed by atoms with Crippen molar-refractivity contribution in [3.05, 3.63) is 29.7 Å². The molecule has 4 nitrogen and oxygen atoms in total. The maximum Gasteiger partial charge on any atom is 0.417 e. The fraction of sp³-hybridized carbons (Fsp3) is 0.500. The summed E-state index contributed by atoms with van der Waals surface area (Å²) in [6, 6.07) is 2.33. The van der Waals surface area contributed by atoms with E-state index in [1.165, 1.54) is 10.5 Å². The molecule has 0 bridgehead atoms. The molecule has 0 aromatic carbocycles. The second-order valence-corrected chi connectivity index (χ2v) is 4.78. The second kappa shape index (κ2) is 5.16. The van der Waals surface area contributed by atoms with Gasteiger partial charge in [0.25, 0.3) is 0 Å². The summed E-state index contributed by atoms with van der Waals surface area (Å²) >= 11 is 0. The Morgan fingerprint density at radius 3 is 2.63 bits per heavy atom. The van der Waals surface area contributed by atoms with E-state index in [-0.39, 0.29) is 0 Å². The van der Waals surface area contributed by atoms with Crippen molar-refractivity contribution in [3.63, 3.8) is 0 Å². The SMILES string of the molecule is CC(C)CNCc1nnc2ccc(C(F)(F)F)cn12. The van der Waals surface area contributed by atoms with E-state index >= 15 is 0 Å². The summed E-state index contributed by atoms with van der Waals surface area (Å²) in [5.41, 5.74) is -0.292. The summed E-state index contributed by atoms with van der Waals surface area (Å²) in [4.78, 5) is 0. The third kappa shape index (κ3) is 3.23. The highest BCUT2D eigenvalue weighted by Gasteiger charge is 2.31. The maximum absolute atomic E-state index is 12.6. The molecule has 0 aliphatic heterocycles. The lowest BCUT2D eigenvalue weighted by Gasteiger charge is -2.08. The minimum atomic E-state index is -4.36. The van der Waals surface area contributed by atoms with E-state index in [0.717, 1.165) is 18.8 Å². The average molecular weight is 272 g/mol. The first kappa shape index (κ1) is 13.8. The Labute approximate surface area is 108 Å². The first-order chi connectivity index (χ1) is 8.88. The van der Waals surface area contributed by atoms with Crippen molar-refractivity contribution in [1.29, 1.82) is 0 Å². The highest BCUT2D eigenvalue weighted by molar-refractivity contribution is 5.40. The van der Waals surface area contributed by atoms with E-state index in [1.54, 1.807) is 0 Å². The molecule has 0 unspecified atom stereocenters. The fourth-order valence-corrected chi connectivity index (χ4v) is 1.70. The van der Waals surface area contributed by atoms with Gasteiger partial charge in [-0.05, 0) is 24.6 Å². The summed E-state index contributed by atoms with van der Waals surface area (Å²) in [5.74, 6) is 0.937. The van der Waals surface area contributed by atoms with Gasteiger partial charge >= 0.3 is 6.18 Å². The van der Waals surface area contributed by atoms with Crippen molar-refractivity contribution in [3.8, 4) is 0 Å². The van der Waals surface area contributed by atoms with Crippen LogP contribution < -0.4 is 5.32 Å². The Bertz CT molecular complexity index is 560. The number of fused-ring (bicyclic) bond motifs is 1. The molecule has 0 amide bonds. The second-order valence-electron chi connectivity index (χ2n) is 4.78. The third-order valence-electron chi connectivity index (χ3n) is 2.64. The lowest BCUT2D eigenvalue weighted by Crippen LogP contribution is -2.20. The van der Waals surface area contributed by atoms with Crippen LogP contribution in [0, 0.1) is 5.92 Å². The third-order valence-corrected chi connectivity index (χ3v) is 2.64. The predicted octanol–water partition coefficient (Wildman–Crippen LogP) is 2.49. The van der Waals surface area contributed by atoms with Crippen LogP contribution in [0.3, 0.4) is 0 Å². The first-order valence-corrected chi connectivity index (χ1v) is 5.99. The number of pyridine rings is 1. The van der Waals surface area contributed by atoms with Gasteiger partial charge in [-0.15, -0.1) is 10.2 Å². The number of aromatic nitrogens is 3. The molecule has 0 aliphatic rings. The van der Waals surface area contributed by atoms with Gasteiger partial charge < -0.3 is 5.32 Å². The molecular formula is C12H15F3N4. The standard InChI is InChI=1S/C12H15F3N4/c1-8(2)5-16-6-11-18-17-10-4-3-9(7-19(10)11)12(13,14)15/h3-4,7-8,16H,5-6H2,1-2H3. The average Bonchev–Trinajstić information content (AvgIpc) is 2.70. The summed E-state index contributed by atoms with van der Waals surface area (Å²) < 4.78 is 39.3. The molecule has 1 N–H and O–H groups in total. The van der Waals surface area contributed by atoms with Crippen molar-refractivity contribution in [2.75, 3.05) is 6.54 Å². The van der Waals surface area contributed by atoms with Gasteiger partial charge in [-0.3, -0.25) is 4.40 Å². The van der Waals surface area contributed by atoms with Crippen molar-refractivity contribution >= 4 is 5.65 Å². The zero-order valence-corrected chi connectivity index (χ0v) is 10.7. The minimum Gasteiger partial charge on any atom is -0.310 e. The van der Waals surface area contributed by atoms with Gasteiger partial charge in [-0.25, -0.2) is 0 Å². The van der Waals surface area contributed by atoms with Gasteiger partial charge in [0.15, 0.2) is 11.5 Å². The number of alkyl halides is 3. The predicted molar refractivity (Wildman–Crippen MR) is 64.5 cm³/mol. The summed E-state index contributed by atoms with van der Waals surface area (Å²) in [5, 5.41) is 10.9. The van der Waals surface area contributed by atoms with Gasteiger partial charge in [-0.2, -0.15) is 13.2 Å². The fourth-order valence-electron chi connectivity index (χ4n) is 1.70. The number of hydrogen-bond donors (Lipinski definition) is 1. The van der Waals surface area contributed by atoms with Crippen molar-refractivity contribution in [1.82, 2.24) is 19.9 Å². The molecule has 2 heterocycles. The lowest BCUT2D eigenvalue weighted by atomic mass is 10.2. The molecule has 0 spiro atoms. The topological polar surface area (TPSA) is 42.2 Å². The van der Waals surface area contributed by atoms with E-state index in [4.69, 9.17) is 0 Å². The number of halogens is 3. The smallest absolute Gasteiger partial charge is 0.310 e. The van der Waals surface area contributed by atoms with Crippen molar-refractivity contribution < 1.29 is 13.2 Å². The van der Waals surface area contributed by atoms with E-state index < -0.39 is 11.7 Å². The Morgan fingerprint density at radius 1 is 1.26 bits per heavy atom. The normalized spacial score (nSPS) is 12.5. The highest BCUT2D eigenvalue weighted by atomic mass is 19.4.